The Kier molecular flexibility index (Phi) is 8.59. The maximum Gasteiger partial charge on any atom is 0.508 e. The predicted octanol–water partition coefficient (Wildman–Crippen LogP) is 8.50. The molecule has 4 aliphatic carbocycles. The summed E-state index contributed by atoms with van der Waals surface area (Å²) in [4.78, 5) is 14.9. The number of carbonyl (C=O) groups is 1. The topological polar surface area (TPSA) is 38.8 Å². The summed E-state index contributed by atoms with van der Waals surface area (Å²) >= 11 is 0. The molecule has 0 N–H and O–H groups in total. The summed E-state index contributed by atoms with van der Waals surface area (Å²) in [6.07, 6.45) is 19.6. The Morgan fingerprint density at radius 2 is 1.55 bits per heavy atom. The lowest BCUT2D eigenvalue weighted by atomic mass is 9.46. The molecule has 3 unspecified atom stereocenters. The molecule has 216 valence electrons. The van der Waals surface area contributed by atoms with E-state index in [9.17, 15) is 4.79 Å². The van der Waals surface area contributed by atoms with E-state index < -0.39 is 6.16 Å². The van der Waals surface area contributed by atoms with Gasteiger partial charge in [-0.2, -0.15) is 0 Å². The minimum Gasteiger partial charge on any atom is -0.431 e. The fraction of sp³-hybridized carbons (Fsp3) is 0.912. The molecule has 0 aromatic rings. The molecule has 1 saturated heterocycles. The molecule has 9 atom stereocenters. The van der Waals surface area contributed by atoms with E-state index >= 15 is 0 Å². The second-order valence-electron chi connectivity index (χ2n) is 15.2. The van der Waals surface area contributed by atoms with E-state index in [-0.39, 0.29) is 12.2 Å². The molecule has 0 amide bonds. The largest absolute Gasteiger partial charge is 0.508 e. The van der Waals surface area contributed by atoms with Crippen LogP contribution in [0.25, 0.3) is 0 Å². The van der Waals surface area contributed by atoms with Crippen molar-refractivity contribution in [2.24, 2.45) is 52.3 Å². The summed E-state index contributed by atoms with van der Waals surface area (Å²) in [7, 11) is 2.13. The first-order chi connectivity index (χ1) is 18.1. The van der Waals surface area contributed by atoms with E-state index in [0.717, 1.165) is 74.3 Å². The third-order valence-corrected chi connectivity index (χ3v) is 12.5. The number of ether oxygens (including phenoxy) is 2. The Balaban J connectivity index is 1.19. The van der Waals surface area contributed by atoms with Crippen LogP contribution < -0.4 is 0 Å². The Morgan fingerprint density at radius 1 is 0.868 bits per heavy atom. The van der Waals surface area contributed by atoms with Crippen LogP contribution in [-0.2, 0) is 9.47 Å². The van der Waals surface area contributed by atoms with Crippen LogP contribution in [0.3, 0.4) is 0 Å². The van der Waals surface area contributed by atoms with E-state index in [4.69, 9.17) is 9.47 Å². The summed E-state index contributed by atoms with van der Waals surface area (Å²) in [6.45, 7) is 14.5. The lowest BCUT2D eigenvalue weighted by molar-refractivity contribution is -0.0915. The molecule has 0 bridgehead atoms. The van der Waals surface area contributed by atoms with Crippen molar-refractivity contribution in [3.63, 3.8) is 0 Å². The Morgan fingerprint density at radius 3 is 2.29 bits per heavy atom. The van der Waals surface area contributed by atoms with Crippen LogP contribution in [0.4, 0.5) is 4.79 Å². The van der Waals surface area contributed by atoms with Crippen LogP contribution in [0.2, 0.25) is 0 Å². The smallest absolute Gasteiger partial charge is 0.431 e. The van der Waals surface area contributed by atoms with Crippen LogP contribution in [0.15, 0.2) is 12.2 Å². The van der Waals surface area contributed by atoms with Gasteiger partial charge < -0.3 is 14.4 Å². The monoisotopic (exact) mass is 527 g/mol. The number of hydrogen-bond donors (Lipinski definition) is 0. The first-order valence-electron chi connectivity index (χ1n) is 16.3. The summed E-state index contributed by atoms with van der Waals surface area (Å²) in [5, 5.41) is 0. The Labute approximate surface area is 233 Å². The van der Waals surface area contributed by atoms with E-state index in [1.54, 1.807) is 0 Å². The molecule has 0 aromatic heterocycles. The number of fused-ring (bicyclic) bond motifs is 5. The Bertz CT molecular complexity index is 847. The zero-order valence-electron chi connectivity index (χ0n) is 25.4. The van der Waals surface area contributed by atoms with Crippen LogP contribution in [0.5, 0.6) is 0 Å². The van der Waals surface area contributed by atoms with Crippen molar-refractivity contribution < 1.29 is 14.3 Å². The molecular formula is C34H57NO3. The summed E-state index contributed by atoms with van der Waals surface area (Å²) in [6, 6.07) is 0. The molecule has 5 aliphatic rings. The lowest BCUT2D eigenvalue weighted by Gasteiger charge is -2.59. The molecule has 1 heterocycles. The van der Waals surface area contributed by atoms with Crippen molar-refractivity contribution >= 4 is 6.16 Å². The fourth-order valence-corrected chi connectivity index (χ4v) is 10.1. The van der Waals surface area contributed by atoms with Crippen molar-refractivity contribution in [2.75, 3.05) is 20.1 Å². The van der Waals surface area contributed by atoms with Gasteiger partial charge in [-0.05, 0) is 117 Å². The zero-order chi connectivity index (χ0) is 27.1. The van der Waals surface area contributed by atoms with Crippen LogP contribution in [0, 0.1) is 52.3 Å². The van der Waals surface area contributed by atoms with Gasteiger partial charge in [0.1, 0.15) is 12.2 Å². The van der Waals surface area contributed by atoms with E-state index in [1.165, 1.54) is 51.4 Å². The van der Waals surface area contributed by atoms with Crippen LogP contribution >= 0.6 is 0 Å². The summed E-state index contributed by atoms with van der Waals surface area (Å²) in [5.41, 5.74) is 0.864. The number of piperidine rings is 1. The van der Waals surface area contributed by atoms with Gasteiger partial charge in [0.15, 0.2) is 0 Å². The maximum atomic E-state index is 12.6. The maximum absolute atomic E-state index is 12.6. The molecule has 4 nitrogen and oxygen atoms in total. The summed E-state index contributed by atoms with van der Waals surface area (Å²) < 4.78 is 11.6. The van der Waals surface area contributed by atoms with E-state index in [2.05, 4.69) is 58.7 Å². The van der Waals surface area contributed by atoms with Gasteiger partial charge in [0.05, 0.1) is 0 Å². The van der Waals surface area contributed by atoms with Crippen LogP contribution in [-0.4, -0.2) is 43.4 Å². The molecule has 0 aromatic carbocycles. The molecule has 0 radical (unpaired) electrons. The van der Waals surface area contributed by atoms with Gasteiger partial charge in [0.2, 0.25) is 0 Å². The van der Waals surface area contributed by atoms with Gasteiger partial charge in [0, 0.05) is 13.1 Å². The van der Waals surface area contributed by atoms with Crippen molar-refractivity contribution in [2.45, 2.75) is 124 Å². The third kappa shape index (κ3) is 5.59. The highest BCUT2D eigenvalue weighted by Crippen LogP contribution is 2.67. The van der Waals surface area contributed by atoms with Gasteiger partial charge in [-0.25, -0.2) is 4.79 Å². The number of allylic oxidation sites excluding steroid dienone is 2. The number of rotatable bonds is 7. The predicted molar refractivity (Wildman–Crippen MR) is 155 cm³/mol. The molecule has 38 heavy (non-hydrogen) atoms. The first-order valence-corrected chi connectivity index (χ1v) is 16.3. The highest BCUT2D eigenvalue weighted by Gasteiger charge is 2.59. The van der Waals surface area contributed by atoms with Crippen molar-refractivity contribution in [1.82, 2.24) is 4.90 Å². The third-order valence-electron chi connectivity index (χ3n) is 12.5. The number of carbonyl (C=O) groups excluding carboxylic acids is 1. The standard InChI is InChI=1S/C34H57NO3/c1-23(2)8-7-9-24(3)29-12-13-30-28-11-10-25-22-27(38-32(36)37-26-16-20-35(6)21-17-26)14-18-33(25,4)31(28)15-19-34(29,30)5/h10-11,23-31H,7-9,12-22H2,1-6H3/t24?,25?,27?,28-,29+,30-,31-,33-,34+/m1/s1. The molecule has 4 fully saturated rings. The van der Waals surface area contributed by atoms with Gasteiger partial charge in [-0.3, -0.25) is 0 Å². The van der Waals surface area contributed by atoms with Gasteiger partial charge >= 0.3 is 6.16 Å². The van der Waals surface area contributed by atoms with Crippen LogP contribution in [0.1, 0.15) is 112 Å². The van der Waals surface area contributed by atoms with Crippen molar-refractivity contribution in [3.05, 3.63) is 12.2 Å². The average Bonchev–Trinajstić information content (AvgIpc) is 3.23. The SMILES string of the molecule is CC(C)CCCC(C)[C@@H]1CC[C@@H]2[C@H]3C=CC4CC(OC(=O)OC5CCN(C)CC5)CC[C@@]4(C)[C@@H]3CC[C@]21C. The second kappa shape index (κ2) is 11.5. The average molecular weight is 528 g/mol. The normalized spacial score (nSPS) is 42.3. The summed E-state index contributed by atoms with van der Waals surface area (Å²) in [5.74, 6) is 5.50. The minimum absolute atomic E-state index is 0.00412. The molecule has 4 heteroatoms. The van der Waals surface area contributed by atoms with Crippen molar-refractivity contribution in [3.8, 4) is 0 Å². The zero-order valence-corrected chi connectivity index (χ0v) is 25.4. The van der Waals surface area contributed by atoms with Gasteiger partial charge in [0.25, 0.3) is 0 Å². The second-order valence-corrected chi connectivity index (χ2v) is 15.2. The first kappa shape index (κ1) is 28.5. The molecular weight excluding hydrogens is 470 g/mol. The van der Waals surface area contributed by atoms with E-state index in [1.807, 2.05) is 0 Å². The fourth-order valence-electron chi connectivity index (χ4n) is 10.1. The molecule has 3 saturated carbocycles. The van der Waals surface area contributed by atoms with Gasteiger partial charge in [-0.1, -0.05) is 66.0 Å². The molecule has 5 rings (SSSR count). The number of likely N-dealkylation sites (tertiary alicyclic amines) is 1. The van der Waals surface area contributed by atoms with E-state index in [0.29, 0.717) is 16.7 Å². The molecule has 0 spiro atoms. The minimum atomic E-state index is -0.432. The highest BCUT2D eigenvalue weighted by molar-refractivity contribution is 5.60. The highest BCUT2D eigenvalue weighted by atomic mass is 16.7. The van der Waals surface area contributed by atoms with Crippen molar-refractivity contribution in [1.29, 1.82) is 0 Å². The quantitative estimate of drug-likeness (QED) is 0.246. The van der Waals surface area contributed by atoms with Gasteiger partial charge in [-0.15, -0.1) is 0 Å². The Hall–Kier alpha value is -1.03. The number of nitrogens with zero attached hydrogens (tertiary/aromatic N) is 1. The molecule has 1 aliphatic heterocycles. The number of hydrogen-bond acceptors (Lipinski definition) is 4. The lowest BCUT2D eigenvalue weighted by Crippen LogP contribution is -2.52.